The molecule has 0 saturated heterocycles. The molecule has 0 unspecified atom stereocenters. The quantitative estimate of drug-likeness (QED) is 0.406. The standard InChI is InChI=1S/C21H17N3O6/c25-18(23-15-7-5-13(6-8-15)21(28)29)9-10-19(26)24-22-11-14-12-30-17-4-2-1-3-16(17)20(14)27/h1-8,11-12H,9-10H2,(H,23,25)(H,24,26)(H,28,29)/b22-11+. The Kier molecular flexibility index (Phi) is 6.33. The van der Waals surface area contributed by atoms with Crippen molar-refractivity contribution in [3.63, 3.8) is 0 Å². The molecule has 0 atom stereocenters. The van der Waals surface area contributed by atoms with Crippen LogP contribution in [0.1, 0.15) is 28.8 Å². The summed E-state index contributed by atoms with van der Waals surface area (Å²) >= 11 is 0. The summed E-state index contributed by atoms with van der Waals surface area (Å²) in [7, 11) is 0. The van der Waals surface area contributed by atoms with E-state index in [1.807, 2.05) is 0 Å². The van der Waals surface area contributed by atoms with Gasteiger partial charge in [-0.25, -0.2) is 10.2 Å². The van der Waals surface area contributed by atoms with E-state index in [1.54, 1.807) is 24.3 Å². The first kappa shape index (κ1) is 20.5. The third kappa shape index (κ3) is 5.16. The lowest BCUT2D eigenvalue weighted by molar-refractivity contribution is -0.124. The molecule has 2 aromatic carbocycles. The summed E-state index contributed by atoms with van der Waals surface area (Å²) in [6, 6.07) is 12.4. The van der Waals surface area contributed by atoms with Crippen molar-refractivity contribution in [2.45, 2.75) is 12.8 Å². The van der Waals surface area contributed by atoms with Gasteiger partial charge in [0, 0.05) is 18.5 Å². The highest BCUT2D eigenvalue weighted by atomic mass is 16.4. The van der Waals surface area contributed by atoms with Gasteiger partial charge in [-0.05, 0) is 36.4 Å². The number of carbonyl (C=O) groups is 3. The Bertz CT molecular complexity index is 1180. The van der Waals surface area contributed by atoms with Gasteiger partial charge >= 0.3 is 5.97 Å². The van der Waals surface area contributed by atoms with Gasteiger partial charge in [0.1, 0.15) is 11.8 Å². The average Bonchev–Trinajstić information content (AvgIpc) is 2.74. The number of anilines is 1. The van der Waals surface area contributed by atoms with E-state index in [9.17, 15) is 19.2 Å². The third-order valence-electron chi connectivity index (χ3n) is 4.09. The van der Waals surface area contributed by atoms with Crippen molar-refractivity contribution >= 4 is 40.7 Å². The number of carboxylic acids is 1. The van der Waals surface area contributed by atoms with Crippen molar-refractivity contribution in [3.8, 4) is 0 Å². The predicted octanol–water partition coefficient (Wildman–Crippen LogP) is 2.36. The fourth-order valence-corrected chi connectivity index (χ4v) is 2.56. The number of hydrogen-bond acceptors (Lipinski definition) is 6. The molecular weight excluding hydrogens is 390 g/mol. The normalized spacial score (nSPS) is 10.8. The second-order valence-corrected chi connectivity index (χ2v) is 6.24. The van der Waals surface area contributed by atoms with E-state index in [-0.39, 0.29) is 29.4 Å². The molecule has 3 rings (SSSR count). The maximum Gasteiger partial charge on any atom is 0.335 e. The van der Waals surface area contributed by atoms with E-state index in [0.29, 0.717) is 16.7 Å². The number of amides is 2. The van der Waals surface area contributed by atoms with Gasteiger partial charge in [-0.15, -0.1) is 0 Å². The maximum absolute atomic E-state index is 12.3. The molecule has 9 nitrogen and oxygen atoms in total. The van der Waals surface area contributed by atoms with Gasteiger partial charge in [0.2, 0.25) is 17.2 Å². The molecule has 30 heavy (non-hydrogen) atoms. The minimum atomic E-state index is -1.06. The van der Waals surface area contributed by atoms with Crippen LogP contribution in [0, 0.1) is 0 Å². The Balaban J connectivity index is 1.49. The molecule has 152 valence electrons. The van der Waals surface area contributed by atoms with Gasteiger partial charge in [0.15, 0.2) is 0 Å². The molecule has 1 heterocycles. The first-order valence-electron chi connectivity index (χ1n) is 8.89. The number of fused-ring (bicyclic) bond motifs is 1. The predicted molar refractivity (Wildman–Crippen MR) is 109 cm³/mol. The smallest absolute Gasteiger partial charge is 0.335 e. The molecular formula is C21H17N3O6. The van der Waals surface area contributed by atoms with Gasteiger partial charge < -0.3 is 14.8 Å². The van der Waals surface area contributed by atoms with Crippen LogP contribution in [0.4, 0.5) is 5.69 Å². The van der Waals surface area contributed by atoms with Crippen LogP contribution in [0.3, 0.4) is 0 Å². The summed E-state index contributed by atoms with van der Waals surface area (Å²) in [5.74, 6) is -1.98. The summed E-state index contributed by atoms with van der Waals surface area (Å²) < 4.78 is 5.35. The van der Waals surface area contributed by atoms with Crippen molar-refractivity contribution in [3.05, 3.63) is 76.1 Å². The van der Waals surface area contributed by atoms with Crippen LogP contribution in [0.15, 0.2) is 69.1 Å². The molecule has 9 heteroatoms. The zero-order valence-electron chi connectivity index (χ0n) is 15.6. The van der Waals surface area contributed by atoms with Crippen molar-refractivity contribution in [1.82, 2.24) is 5.43 Å². The molecule has 0 radical (unpaired) electrons. The number of hydrogen-bond donors (Lipinski definition) is 3. The van der Waals surface area contributed by atoms with Crippen molar-refractivity contribution in [2.24, 2.45) is 5.10 Å². The number of carboxylic acid groups (broad SMARTS) is 1. The molecule has 3 aromatic rings. The van der Waals surface area contributed by atoms with Gasteiger partial charge in [0.05, 0.1) is 22.7 Å². The number of aromatic carboxylic acids is 1. The van der Waals surface area contributed by atoms with E-state index in [4.69, 9.17) is 9.52 Å². The van der Waals surface area contributed by atoms with Crippen LogP contribution in [-0.4, -0.2) is 29.1 Å². The number of carbonyl (C=O) groups excluding carboxylic acids is 2. The van der Waals surface area contributed by atoms with Crippen molar-refractivity contribution in [2.75, 3.05) is 5.32 Å². The van der Waals surface area contributed by atoms with Crippen LogP contribution in [0.25, 0.3) is 11.0 Å². The number of benzene rings is 2. The Hall–Kier alpha value is -4.27. The molecule has 0 spiro atoms. The molecule has 0 aliphatic carbocycles. The monoisotopic (exact) mass is 407 g/mol. The maximum atomic E-state index is 12.3. The van der Waals surface area contributed by atoms with Gasteiger partial charge in [0.25, 0.3) is 0 Å². The van der Waals surface area contributed by atoms with Crippen LogP contribution in [0.5, 0.6) is 0 Å². The number of nitrogens with zero attached hydrogens (tertiary/aromatic N) is 1. The average molecular weight is 407 g/mol. The zero-order chi connectivity index (χ0) is 21.5. The Labute approximate surface area is 170 Å². The Morgan fingerprint density at radius 3 is 2.43 bits per heavy atom. The van der Waals surface area contributed by atoms with Crippen molar-refractivity contribution < 1.29 is 23.9 Å². The van der Waals surface area contributed by atoms with E-state index in [0.717, 1.165) is 0 Å². The Morgan fingerprint density at radius 2 is 1.70 bits per heavy atom. The molecule has 1 aromatic heterocycles. The van der Waals surface area contributed by atoms with Crippen LogP contribution in [-0.2, 0) is 9.59 Å². The molecule has 0 aliphatic rings. The number of rotatable bonds is 7. The SMILES string of the molecule is O=C(CCC(=O)Nc1ccc(C(=O)O)cc1)N/N=C/c1coc2ccccc2c1=O. The number of para-hydroxylation sites is 1. The highest BCUT2D eigenvalue weighted by Crippen LogP contribution is 2.11. The lowest BCUT2D eigenvalue weighted by Crippen LogP contribution is -2.21. The van der Waals surface area contributed by atoms with E-state index in [1.165, 1.54) is 36.7 Å². The number of hydrazone groups is 1. The largest absolute Gasteiger partial charge is 0.478 e. The van der Waals surface area contributed by atoms with Gasteiger partial charge in [-0.3, -0.25) is 14.4 Å². The van der Waals surface area contributed by atoms with E-state index < -0.39 is 17.8 Å². The van der Waals surface area contributed by atoms with Crippen molar-refractivity contribution in [1.29, 1.82) is 0 Å². The topological polar surface area (TPSA) is 138 Å². The minimum absolute atomic E-state index is 0.0971. The van der Waals surface area contributed by atoms with Crippen LogP contribution >= 0.6 is 0 Å². The fourth-order valence-electron chi connectivity index (χ4n) is 2.56. The highest BCUT2D eigenvalue weighted by Gasteiger charge is 2.08. The van der Waals surface area contributed by atoms with E-state index >= 15 is 0 Å². The number of nitrogens with one attached hydrogen (secondary N) is 2. The molecule has 0 aliphatic heterocycles. The molecule has 0 fully saturated rings. The lowest BCUT2D eigenvalue weighted by atomic mass is 10.2. The first-order chi connectivity index (χ1) is 14.4. The molecule has 0 saturated carbocycles. The minimum Gasteiger partial charge on any atom is -0.478 e. The van der Waals surface area contributed by atoms with E-state index in [2.05, 4.69) is 15.8 Å². The highest BCUT2D eigenvalue weighted by molar-refractivity contribution is 5.94. The summed E-state index contributed by atoms with van der Waals surface area (Å²) in [5, 5.41) is 15.5. The van der Waals surface area contributed by atoms with Gasteiger partial charge in [-0.2, -0.15) is 5.10 Å². The second-order valence-electron chi connectivity index (χ2n) is 6.24. The zero-order valence-corrected chi connectivity index (χ0v) is 15.6. The second kappa shape index (κ2) is 9.28. The molecule has 0 bridgehead atoms. The molecule has 3 N–H and O–H groups in total. The lowest BCUT2D eigenvalue weighted by Gasteiger charge is -2.05. The Morgan fingerprint density at radius 1 is 1.00 bits per heavy atom. The first-order valence-corrected chi connectivity index (χ1v) is 8.89. The summed E-state index contributed by atoms with van der Waals surface area (Å²) in [6.45, 7) is 0. The summed E-state index contributed by atoms with van der Waals surface area (Å²) in [5.41, 5.74) is 3.13. The van der Waals surface area contributed by atoms with Gasteiger partial charge in [-0.1, -0.05) is 12.1 Å². The van der Waals surface area contributed by atoms with Crippen LogP contribution in [0.2, 0.25) is 0 Å². The fraction of sp³-hybridized carbons (Fsp3) is 0.0952. The summed E-state index contributed by atoms with van der Waals surface area (Å²) in [4.78, 5) is 46.8. The third-order valence-corrected chi connectivity index (χ3v) is 4.09. The van der Waals surface area contributed by atoms with Crippen LogP contribution < -0.4 is 16.2 Å². The summed E-state index contributed by atoms with van der Waals surface area (Å²) in [6.07, 6.45) is 2.21. The molecule has 2 amide bonds.